The van der Waals surface area contributed by atoms with Crippen LogP contribution in [0, 0.1) is 0 Å². The minimum atomic E-state index is -0.488. The van der Waals surface area contributed by atoms with Gasteiger partial charge in [0.1, 0.15) is 0 Å². The molecule has 6 heteroatoms. The molecule has 0 fully saturated rings. The van der Waals surface area contributed by atoms with E-state index in [0.29, 0.717) is 11.3 Å². The lowest BCUT2D eigenvalue weighted by atomic mass is 10.1. The van der Waals surface area contributed by atoms with Crippen molar-refractivity contribution >= 4 is 29.2 Å². The van der Waals surface area contributed by atoms with Crippen LogP contribution in [0.25, 0.3) is 0 Å². The molecule has 2 aromatic carbocycles. The standard InChI is InChI=1S/C16H12N2O4/c1-22-16(21)9-5-7-10(8-6-9)18-14(19)11-3-2-4-12(17)13(11)15(18)20/h2-8H,17H2,1H3. The van der Waals surface area contributed by atoms with Gasteiger partial charge in [-0.05, 0) is 36.4 Å². The predicted octanol–water partition coefficient (Wildman–Crippen LogP) is 1.86. The number of amides is 2. The van der Waals surface area contributed by atoms with Gasteiger partial charge in [-0.15, -0.1) is 0 Å². The Morgan fingerprint density at radius 2 is 1.73 bits per heavy atom. The van der Waals surface area contributed by atoms with Gasteiger partial charge in [0.05, 0.1) is 29.5 Å². The molecule has 1 aliphatic heterocycles. The maximum Gasteiger partial charge on any atom is 0.337 e. The first-order chi connectivity index (χ1) is 10.5. The van der Waals surface area contributed by atoms with E-state index in [1.807, 2.05) is 0 Å². The van der Waals surface area contributed by atoms with Crippen LogP contribution in [-0.2, 0) is 4.74 Å². The first-order valence-electron chi connectivity index (χ1n) is 6.50. The van der Waals surface area contributed by atoms with E-state index in [2.05, 4.69) is 4.74 Å². The SMILES string of the molecule is COC(=O)c1ccc(N2C(=O)c3cccc(N)c3C2=O)cc1. The van der Waals surface area contributed by atoms with E-state index in [1.165, 1.54) is 31.4 Å². The zero-order valence-corrected chi connectivity index (χ0v) is 11.7. The third-order valence-electron chi connectivity index (χ3n) is 3.49. The predicted molar refractivity (Wildman–Crippen MR) is 79.8 cm³/mol. The van der Waals surface area contributed by atoms with Crippen LogP contribution in [0.1, 0.15) is 31.1 Å². The van der Waals surface area contributed by atoms with Gasteiger partial charge < -0.3 is 10.5 Å². The van der Waals surface area contributed by atoms with Crippen LogP contribution in [0.4, 0.5) is 11.4 Å². The van der Waals surface area contributed by atoms with Crippen molar-refractivity contribution in [1.29, 1.82) is 0 Å². The second-order valence-electron chi connectivity index (χ2n) is 4.75. The number of hydrogen-bond acceptors (Lipinski definition) is 5. The monoisotopic (exact) mass is 296 g/mol. The van der Waals surface area contributed by atoms with Crippen LogP contribution in [0.5, 0.6) is 0 Å². The number of fused-ring (bicyclic) bond motifs is 1. The molecule has 3 rings (SSSR count). The summed E-state index contributed by atoms with van der Waals surface area (Å²) in [5.74, 6) is -1.39. The zero-order valence-electron chi connectivity index (χ0n) is 11.7. The van der Waals surface area contributed by atoms with E-state index in [-0.39, 0.29) is 16.8 Å². The van der Waals surface area contributed by atoms with E-state index in [4.69, 9.17) is 5.73 Å². The number of hydrogen-bond donors (Lipinski definition) is 1. The van der Waals surface area contributed by atoms with Crippen LogP contribution < -0.4 is 10.6 Å². The Morgan fingerprint density at radius 3 is 2.32 bits per heavy atom. The second-order valence-corrected chi connectivity index (χ2v) is 4.75. The summed E-state index contributed by atoms with van der Waals surface area (Å²) in [4.78, 5) is 37.3. The molecule has 1 heterocycles. The number of esters is 1. The maximum absolute atomic E-state index is 12.4. The molecule has 0 aromatic heterocycles. The quantitative estimate of drug-likeness (QED) is 0.519. The highest BCUT2D eigenvalue weighted by Gasteiger charge is 2.38. The molecule has 6 nitrogen and oxygen atoms in total. The lowest BCUT2D eigenvalue weighted by molar-refractivity contribution is 0.0600. The van der Waals surface area contributed by atoms with Crippen LogP contribution in [0.2, 0.25) is 0 Å². The van der Waals surface area contributed by atoms with Gasteiger partial charge in [-0.3, -0.25) is 9.59 Å². The summed E-state index contributed by atoms with van der Waals surface area (Å²) in [5, 5.41) is 0. The number of carbonyl (C=O) groups excluding carboxylic acids is 3. The van der Waals surface area contributed by atoms with Crippen LogP contribution >= 0.6 is 0 Å². The van der Waals surface area contributed by atoms with Gasteiger partial charge in [0.25, 0.3) is 11.8 Å². The lowest BCUT2D eigenvalue weighted by Crippen LogP contribution is -2.29. The summed E-state index contributed by atoms with van der Waals surface area (Å²) in [6, 6.07) is 10.8. The Kier molecular flexibility index (Phi) is 3.14. The molecule has 0 aliphatic carbocycles. The number of rotatable bonds is 2. The molecule has 0 unspecified atom stereocenters. The molecule has 0 atom stereocenters. The number of methoxy groups -OCH3 is 1. The van der Waals surface area contributed by atoms with Crippen LogP contribution in [0.15, 0.2) is 42.5 Å². The number of nitrogens with two attached hydrogens (primary N) is 1. The average Bonchev–Trinajstić information content (AvgIpc) is 2.79. The molecule has 110 valence electrons. The Morgan fingerprint density at radius 1 is 1.05 bits per heavy atom. The first kappa shape index (κ1) is 13.8. The van der Waals surface area contributed by atoms with Gasteiger partial charge in [0, 0.05) is 5.69 Å². The molecular formula is C16H12N2O4. The Bertz CT molecular complexity index is 796. The van der Waals surface area contributed by atoms with Crippen molar-refractivity contribution in [3.63, 3.8) is 0 Å². The molecular weight excluding hydrogens is 284 g/mol. The third-order valence-corrected chi connectivity index (χ3v) is 3.49. The number of imide groups is 1. The Labute approximate surface area is 126 Å². The Hall–Kier alpha value is -3.15. The largest absolute Gasteiger partial charge is 0.465 e. The summed E-state index contributed by atoms with van der Waals surface area (Å²) < 4.78 is 4.61. The highest BCUT2D eigenvalue weighted by Crippen LogP contribution is 2.31. The average molecular weight is 296 g/mol. The van der Waals surface area contributed by atoms with Crippen LogP contribution in [0.3, 0.4) is 0 Å². The minimum Gasteiger partial charge on any atom is -0.465 e. The normalized spacial score (nSPS) is 13.2. The number of ether oxygens (including phenoxy) is 1. The smallest absolute Gasteiger partial charge is 0.337 e. The minimum absolute atomic E-state index is 0.213. The summed E-state index contributed by atoms with van der Waals surface area (Å²) in [6.45, 7) is 0. The molecule has 2 aromatic rings. The van der Waals surface area contributed by atoms with Gasteiger partial charge in [0.2, 0.25) is 0 Å². The topological polar surface area (TPSA) is 89.7 Å². The summed E-state index contributed by atoms with van der Waals surface area (Å²) >= 11 is 0. The molecule has 0 spiro atoms. The van der Waals surface area contributed by atoms with Crippen molar-refractivity contribution in [1.82, 2.24) is 0 Å². The second kappa shape index (κ2) is 5.00. The zero-order chi connectivity index (χ0) is 15.9. The van der Waals surface area contributed by atoms with E-state index < -0.39 is 17.8 Å². The number of nitrogens with zero attached hydrogens (tertiary/aromatic N) is 1. The fourth-order valence-electron chi connectivity index (χ4n) is 2.41. The fourth-order valence-corrected chi connectivity index (χ4v) is 2.41. The molecule has 0 saturated carbocycles. The molecule has 2 N–H and O–H groups in total. The molecule has 1 aliphatic rings. The molecule has 0 bridgehead atoms. The molecule has 22 heavy (non-hydrogen) atoms. The van der Waals surface area contributed by atoms with Crippen molar-refractivity contribution in [2.24, 2.45) is 0 Å². The summed E-state index contributed by atoms with van der Waals surface area (Å²) in [5.41, 5.74) is 7.26. The molecule has 0 radical (unpaired) electrons. The van der Waals surface area contributed by atoms with Gasteiger partial charge in [0.15, 0.2) is 0 Å². The first-order valence-corrected chi connectivity index (χ1v) is 6.50. The van der Waals surface area contributed by atoms with Gasteiger partial charge >= 0.3 is 5.97 Å². The van der Waals surface area contributed by atoms with E-state index >= 15 is 0 Å². The van der Waals surface area contributed by atoms with Crippen molar-refractivity contribution in [2.45, 2.75) is 0 Å². The van der Waals surface area contributed by atoms with Crippen molar-refractivity contribution < 1.29 is 19.1 Å². The molecule has 0 saturated heterocycles. The molecule has 2 amide bonds. The third kappa shape index (κ3) is 1.93. The van der Waals surface area contributed by atoms with Gasteiger partial charge in [-0.1, -0.05) is 6.07 Å². The summed E-state index contributed by atoms with van der Waals surface area (Å²) in [7, 11) is 1.28. The van der Waals surface area contributed by atoms with E-state index in [9.17, 15) is 14.4 Å². The Balaban J connectivity index is 2.01. The highest BCUT2D eigenvalue weighted by atomic mass is 16.5. The maximum atomic E-state index is 12.4. The van der Waals surface area contributed by atoms with E-state index in [1.54, 1.807) is 18.2 Å². The highest BCUT2D eigenvalue weighted by molar-refractivity contribution is 6.35. The van der Waals surface area contributed by atoms with Crippen LogP contribution in [-0.4, -0.2) is 24.9 Å². The van der Waals surface area contributed by atoms with Gasteiger partial charge in [-0.2, -0.15) is 0 Å². The van der Waals surface area contributed by atoms with Crippen molar-refractivity contribution in [2.75, 3.05) is 17.7 Å². The number of benzene rings is 2. The van der Waals surface area contributed by atoms with Gasteiger partial charge in [-0.25, -0.2) is 9.69 Å². The number of anilines is 2. The summed E-state index contributed by atoms with van der Waals surface area (Å²) in [6.07, 6.45) is 0. The lowest BCUT2D eigenvalue weighted by Gasteiger charge is -2.14. The van der Waals surface area contributed by atoms with E-state index in [0.717, 1.165) is 4.90 Å². The number of nitrogen functional groups attached to an aromatic ring is 1. The van der Waals surface area contributed by atoms with Crippen molar-refractivity contribution in [3.8, 4) is 0 Å². The fraction of sp³-hybridized carbons (Fsp3) is 0.0625. The number of carbonyl (C=O) groups is 3. The van der Waals surface area contributed by atoms with Crippen molar-refractivity contribution in [3.05, 3.63) is 59.2 Å².